The number of hydrogen-bond donors (Lipinski definition) is 1. The number of aromatic nitrogens is 3. The van der Waals surface area contributed by atoms with Crippen LogP contribution in [-0.4, -0.2) is 15.0 Å². The molecule has 1 aromatic carbocycles. The van der Waals surface area contributed by atoms with Crippen LogP contribution in [0, 0.1) is 6.92 Å². The van der Waals surface area contributed by atoms with Gasteiger partial charge in [-0.2, -0.15) is 0 Å². The number of nitrogens with one attached hydrogen (secondary N) is 1. The molecule has 0 fully saturated rings. The van der Waals surface area contributed by atoms with Gasteiger partial charge in [0.1, 0.15) is 0 Å². The average molecular weight is 376 g/mol. The van der Waals surface area contributed by atoms with Gasteiger partial charge in [0.15, 0.2) is 0 Å². The van der Waals surface area contributed by atoms with Crippen LogP contribution in [0.15, 0.2) is 53.4 Å². The van der Waals surface area contributed by atoms with E-state index < -0.39 is 0 Å². The van der Waals surface area contributed by atoms with Gasteiger partial charge in [-0.3, -0.25) is 4.98 Å². The Labute approximate surface area is 141 Å². The lowest BCUT2D eigenvalue weighted by molar-refractivity contribution is 1.15. The van der Waals surface area contributed by atoms with E-state index in [2.05, 4.69) is 36.2 Å². The predicted molar refractivity (Wildman–Crippen MR) is 92.4 cm³/mol. The van der Waals surface area contributed by atoms with E-state index in [-0.39, 0.29) is 0 Å². The third kappa shape index (κ3) is 3.26. The van der Waals surface area contributed by atoms with Gasteiger partial charge in [0.05, 0.1) is 10.2 Å². The van der Waals surface area contributed by atoms with Gasteiger partial charge in [-0.25, -0.2) is 9.97 Å². The highest BCUT2D eigenvalue weighted by Crippen LogP contribution is 2.29. The lowest BCUT2D eigenvalue weighted by Gasteiger charge is -2.10. The zero-order valence-corrected chi connectivity index (χ0v) is 14.1. The maximum atomic E-state index is 5.99. The lowest BCUT2D eigenvalue weighted by atomic mass is 10.1. The van der Waals surface area contributed by atoms with Crippen LogP contribution in [0.2, 0.25) is 5.02 Å². The molecule has 0 unspecified atom stereocenters. The number of rotatable bonds is 3. The van der Waals surface area contributed by atoms with E-state index in [9.17, 15) is 0 Å². The van der Waals surface area contributed by atoms with E-state index in [0.717, 1.165) is 27.0 Å². The summed E-state index contributed by atoms with van der Waals surface area (Å²) < 4.78 is 0.832. The molecule has 0 aliphatic heterocycles. The summed E-state index contributed by atoms with van der Waals surface area (Å²) in [5.41, 5.74) is 3.72. The Morgan fingerprint density at radius 3 is 2.82 bits per heavy atom. The minimum atomic E-state index is 0.511. The van der Waals surface area contributed by atoms with Crippen molar-refractivity contribution in [2.75, 3.05) is 5.32 Å². The van der Waals surface area contributed by atoms with Gasteiger partial charge in [-0.05, 0) is 52.7 Å². The third-order valence-electron chi connectivity index (χ3n) is 3.10. The fourth-order valence-corrected chi connectivity index (χ4v) is 2.65. The molecule has 110 valence electrons. The van der Waals surface area contributed by atoms with Crippen LogP contribution < -0.4 is 5.32 Å². The van der Waals surface area contributed by atoms with Gasteiger partial charge >= 0.3 is 0 Å². The number of nitrogens with zero attached hydrogens (tertiary/aromatic N) is 3. The van der Waals surface area contributed by atoms with Crippen molar-refractivity contribution in [3.05, 3.63) is 64.0 Å². The Kier molecular flexibility index (Phi) is 4.36. The van der Waals surface area contributed by atoms with Gasteiger partial charge in [0, 0.05) is 34.9 Å². The molecule has 3 rings (SSSR count). The van der Waals surface area contributed by atoms with Crippen molar-refractivity contribution in [3.8, 4) is 11.3 Å². The first-order valence-corrected chi connectivity index (χ1v) is 7.77. The first-order chi connectivity index (χ1) is 10.6. The first kappa shape index (κ1) is 14.9. The van der Waals surface area contributed by atoms with E-state index in [1.54, 1.807) is 12.4 Å². The second-order valence-corrected chi connectivity index (χ2v) is 6.01. The summed E-state index contributed by atoms with van der Waals surface area (Å²) in [6.07, 6.45) is 5.30. The number of pyridine rings is 1. The molecule has 0 atom stereocenters. The Morgan fingerprint density at radius 2 is 2.05 bits per heavy atom. The SMILES string of the molecule is Cc1cnccc1-c1nc(Nc2cccc(Cl)c2)ncc1Br. The summed E-state index contributed by atoms with van der Waals surface area (Å²) in [5, 5.41) is 3.82. The van der Waals surface area contributed by atoms with Crippen LogP contribution in [-0.2, 0) is 0 Å². The van der Waals surface area contributed by atoms with Crippen LogP contribution in [0.5, 0.6) is 0 Å². The molecule has 0 amide bonds. The molecular formula is C16H12BrClN4. The molecule has 0 aliphatic rings. The summed E-state index contributed by atoms with van der Waals surface area (Å²) >= 11 is 9.49. The lowest BCUT2D eigenvalue weighted by Crippen LogP contribution is -1.99. The van der Waals surface area contributed by atoms with Gasteiger partial charge in [-0.15, -0.1) is 0 Å². The Hall–Kier alpha value is -1.98. The maximum Gasteiger partial charge on any atom is 0.227 e. The van der Waals surface area contributed by atoms with Crippen molar-refractivity contribution < 1.29 is 0 Å². The Bertz CT molecular complexity index is 823. The van der Waals surface area contributed by atoms with E-state index in [0.29, 0.717) is 11.0 Å². The topological polar surface area (TPSA) is 50.7 Å². The Morgan fingerprint density at radius 1 is 1.18 bits per heavy atom. The van der Waals surface area contributed by atoms with Gasteiger partial charge in [-0.1, -0.05) is 17.7 Å². The summed E-state index contributed by atoms with van der Waals surface area (Å²) in [6, 6.07) is 9.36. The fourth-order valence-electron chi connectivity index (χ4n) is 2.05. The number of halogens is 2. The van der Waals surface area contributed by atoms with E-state index in [1.807, 2.05) is 43.5 Å². The molecule has 0 bridgehead atoms. The molecule has 22 heavy (non-hydrogen) atoms. The van der Waals surface area contributed by atoms with Gasteiger partial charge < -0.3 is 5.32 Å². The standard InChI is InChI=1S/C16H12BrClN4/c1-10-8-19-6-5-13(10)15-14(17)9-20-16(22-15)21-12-4-2-3-11(18)7-12/h2-9H,1H3,(H,20,21,22). The molecule has 3 aromatic rings. The summed E-state index contributed by atoms with van der Waals surface area (Å²) in [6.45, 7) is 2.00. The van der Waals surface area contributed by atoms with Crippen LogP contribution in [0.3, 0.4) is 0 Å². The molecule has 0 saturated heterocycles. The van der Waals surface area contributed by atoms with Crippen molar-refractivity contribution >= 4 is 39.2 Å². The molecule has 0 saturated carbocycles. The Balaban J connectivity index is 1.98. The molecule has 0 aliphatic carbocycles. The predicted octanol–water partition coefficient (Wildman–Crippen LogP) is 5.01. The van der Waals surface area contributed by atoms with Crippen LogP contribution >= 0.6 is 27.5 Å². The molecule has 4 nitrogen and oxygen atoms in total. The van der Waals surface area contributed by atoms with Crippen molar-refractivity contribution in [1.82, 2.24) is 15.0 Å². The molecule has 6 heteroatoms. The van der Waals surface area contributed by atoms with Crippen LogP contribution in [0.1, 0.15) is 5.56 Å². The van der Waals surface area contributed by atoms with Crippen molar-refractivity contribution in [2.24, 2.45) is 0 Å². The highest BCUT2D eigenvalue weighted by Gasteiger charge is 2.10. The summed E-state index contributed by atoms with van der Waals surface area (Å²) in [5.74, 6) is 0.511. The highest BCUT2D eigenvalue weighted by molar-refractivity contribution is 9.10. The van der Waals surface area contributed by atoms with E-state index in [4.69, 9.17) is 11.6 Å². The molecule has 0 radical (unpaired) electrons. The van der Waals surface area contributed by atoms with Crippen LogP contribution in [0.25, 0.3) is 11.3 Å². The van der Waals surface area contributed by atoms with Crippen molar-refractivity contribution in [3.63, 3.8) is 0 Å². The summed E-state index contributed by atoms with van der Waals surface area (Å²) in [4.78, 5) is 13.0. The van der Waals surface area contributed by atoms with Crippen LogP contribution in [0.4, 0.5) is 11.6 Å². The number of aryl methyl sites for hydroxylation is 1. The molecule has 0 spiro atoms. The highest BCUT2D eigenvalue weighted by atomic mass is 79.9. The molecule has 2 aromatic heterocycles. The second kappa shape index (κ2) is 6.42. The second-order valence-electron chi connectivity index (χ2n) is 4.72. The minimum absolute atomic E-state index is 0.511. The summed E-state index contributed by atoms with van der Waals surface area (Å²) in [7, 11) is 0. The number of anilines is 2. The van der Waals surface area contributed by atoms with Crippen molar-refractivity contribution in [2.45, 2.75) is 6.92 Å². The van der Waals surface area contributed by atoms with E-state index in [1.165, 1.54) is 0 Å². The van der Waals surface area contributed by atoms with Gasteiger partial charge in [0.25, 0.3) is 0 Å². The van der Waals surface area contributed by atoms with Crippen molar-refractivity contribution in [1.29, 1.82) is 0 Å². The third-order valence-corrected chi connectivity index (χ3v) is 3.92. The zero-order chi connectivity index (χ0) is 15.5. The van der Waals surface area contributed by atoms with E-state index >= 15 is 0 Å². The zero-order valence-electron chi connectivity index (χ0n) is 11.7. The smallest absolute Gasteiger partial charge is 0.227 e. The molecule has 2 heterocycles. The number of benzene rings is 1. The minimum Gasteiger partial charge on any atom is -0.324 e. The quantitative estimate of drug-likeness (QED) is 0.699. The normalized spacial score (nSPS) is 10.5. The molecule has 1 N–H and O–H groups in total. The molecular weight excluding hydrogens is 364 g/mol. The fraction of sp³-hybridized carbons (Fsp3) is 0.0625. The number of hydrogen-bond acceptors (Lipinski definition) is 4. The average Bonchev–Trinajstić information content (AvgIpc) is 2.50. The maximum absolute atomic E-state index is 5.99. The van der Waals surface area contributed by atoms with Gasteiger partial charge in [0.2, 0.25) is 5.95 Å². The first-order valence-electron chi connectivity index (χ1n) is 6.59. The monoisotopic (exact) mass is 374 g/mol. The largest absolute Gasteiger partial charge is 0.324 e.